The first-order valence-corrected chi connectivity index (χ1v) is 15.3. The van der Waals surface area contributed by atoms with Gasteiger partial charge in [-0.25, -0.2) is 19.4 Å². The molecule has 0 radical (unpaired) electrons. The number of ether oxygens (including phenoxy) is 1. The van der Waals surface area contributed by atoms with Gasteiger partial charge in [0.05, 0.1) is 12.2 Å². The fourth-order valence-corrected chi connectivity index (χ4v) is 6.51. The average molecular weight is 566 g/mol. The normalized spacial score (nSPS) is 22.4. The quantitative estimate of drug-likeness (QED) is 0.475. The second kappa shape index (κ2) is 9.76. The van der Waals surface area contributed by atoms with Gasteiger partial charge in [0.15, 0.2) is 10.8 Å². The number of carbonyl (C=O) groups is 1. The van der Waals surface area contributed by atoms with Crippen LogP contribution in [-0.4, -0.2) is 59.3 Å². The molecule has 5 heterocycles. The van der Waals surface area contributed by atoms with Crippen molar-refractivity contribution in [3.05, 3.63) is 48.2 Å². The Morgan fingerprint density at radius 3 is 2.73 bits per heavy atom. The van der Waals surface area contributed by atoms with Gasteiger partial charge < -0.3 is 15.0 Å². The van der Waals surface area contributed by atoms with E-state index in [1.165, 1.54) is 18.9 Å². The number of rotatable bonds is 5. The highest BCUT2D eigenvalue weighted by atomic mass is 32.2. The van der Waals surface area contributed by atoms with Gasteiger partial charge in [-0.1, -0.05) is 13.0 Å². The summed E-state index contributed by atoms with van der Waals surface area (Å²) in [6, 6.07) is 9.77. The molecule has 0 spiro atoms. The number of amides is 1. The molecule has 1 atom stereocenters. The van der Waals surface area contributed by atoms with E-state index >= 15 is 0 Å². The third-order valence-electron chi connectivity index (χ3n) is 8.26. The van der Waals surface area contributed by atoms with Gasteiger partial charge in [-0.2, -0.15) is 8.42 Å². The van der Waals surface area contributed by atoms with Crippen LogP contribution in [0.4, 0.5) is 11.6 Å². The Balaban J connectivity index is 1.35. The number of nitrogens with one attached hydrogen (secondary N) is 2. The molecule has 0 aromatic carbocycles. The van der Waals surface area contributed by atoms with Gasteiger partial charge in [0.25, 0.3) is 15.9 Å². The first kappa shape index (κ1) is 26.5. The Morgan fingerprint density at radius 2 is 1.93 bits per heavy atom. The molecule has 2 N–H and O–H groups in total. The Labute approximate surface area is 234 Å². The van der Waals surface area contributed by atoms with Crippen LogP contribution in [0.15, 0.2) is 47.6 Å². The summed E-state index contributed by atoms with van der Waals surface area (Å²) in [5.41, 5.74) is 0.266. The molecule has 40 heavy (non-hydrogen) atoms. The lowest BCUT2D eigenvalue weighted by Crippen LogP contribution is -2.41. The Hall–Kier alpha value is -3.67. The summed E-state index contributed by atoms with van der Waals surface area (Å²) in [7, 11) is -4.21. The molecule has 3 aromatic rings. The number of hydrogen-bond acceptors (Lipinski definition) is 9. The van der Waals surface area contributed by atoms with Gasteiger partial charge in [0, 0.05) is 30.9 Å². The first-order valence-electron chi connectivity index (χ1n) is 13.8. The summed E-state index contributed by atoms with van der Waals surface area (Å²) >= 11 is 0. The van der Waals surface area contributed by atoms with Crippen molar-refractivity contribution >= 4 is 27.6 Å². The van der Waals surface area contributed by atoms with E-state index in [0.717, 1.165) is 19.3 Å². The van der Waals surface area contributed by atoms with Crippen LogP contribution in [0.5, 0.6) is 5.88 Å². The van der Waals surface area contributed by atoms with Gasteiger partial charge in [0.1, 0.15) is 11.6 Å². The van der Waals surface area contributed by atoms with Crippen molar-refractivity contribution in [3.8, 4) is 11.7 Å². The van der Waals surface area contributed by atoms with E-state index in [1.807, 2.05) is 0 Å². The monoisotopic (exact) mass is 565 g/mol. The van der Waals surface area contributed by atoms with Crippen LogP contribution < -0.4 is 19.7 Å². The van der Waals surface area contributed by atoms with Crippen molar-refractivity contribution in [2.45, 2.75) is 63.4 Å². The largest absolute Gasteiger partial charge is 0.477 e. The summed E-state index contributed by atoms with van der Waals surface area (Å²) in [6.45, 7) is 8.44. The zero-order chi connectivity index (χ0) is 28.1. The fraction of sp³-hybridized carbons (Fsp3) is 0.500. The molecular weight excluding hydrogens is 530 g/mol. The first-order chi connectivity index (χ1) is 19.0. The summed E-state index contributed by atoms with van der Waals surface area (Å²) in [6.07, 6.45) is 7.01. The maximum absolute atomic E-state index is 13.5. The van der Waals surface area contributed by atoms with Crippen molar-refractivity contribution in [3.63, 3.8) is 0 Å². The van der Waals surface area contributed by atoms with Crippen molar-refractivity contribution < 1.29 is 17.9 Å². The van der Waals surface area contributed by atoms with E-state index in [4.69, 9.17) is 9.72 Å². The third-order valence-corrected chi connectivity index (χ3v) is 9.50. The van der Waals surface area contributed by atoms with Crippen molar-refractivity contribution in [1.29, 1.82) is 0 Å². The summed E-state index contributed by atoms with van der Waals surface area (Å²) in [5.74, 6) is 1.48. The van der Waals surface area contributed by atoms with Crippen LogP contribution in [0.1, 0.15) is 63.2 Å². The molecule has 6 rings (SSSR count). The van der Waals surface area contributed by atoms with E-state index in [-0.39, 0.29) is 16.1 Å². The van der Waals surface area contributed by atoms with Gasteiger partial charge >= 0.3 is 0 Å². The molecule has 12 heteroatoms. The maximum Gasteiger partial charge on any atom is 0.281 e. The Kier molecular flexibility index (Phi) is 6.47. The molecule has 3 aliphatic rings. The highest BCUT2D eigenvalue weighted by Gasteiger charge is 2.41. The number of carbonyl (C=O) groups excluding carboxylic acids is 1. The SMILES string of the molecule is CC1(CCOc2ccn(-c3ccc4c(n3)N3CC(CCNc5cccc(n5)S(=O)(=O)NC4=O)CC3(C)C)n2)CC1. The number of sulfonamides is 1. The third kappa shape index (κ3) is 5.36. The van der Waals surface area contributed by atoms with Crippen LogP contribution in [-0.2, 0) is 10.0 Å². The minimum Gasteiger partial charge on any atom is -0.477 e. The lowest BCUT2D eigenvalue weighted by molar-refractivity contribution is 0.0981. The van der Waals surface area contributed by atoms with Crippen molar-refractivity contribution in [2.75, 3.05) is 29.9 Å². The van der Waals surface area contributed by atoms with Gasteiger partial charge in [-0.05, 0) is 81.5 Å². The van der Waals surface area contributed by atoms with Crippen LogP contribution in [0.3, 0.4) is 0 Å². The molecule has 4 bridgehead atoms. The molecule has 1 saturated heterocycles. The predicted molar refractivity (Wildman–Crippen MR) is 150 cm³/mol. The molecular formula is C28H35N7O4S. The molecule has 11 nitrogen and oxygen atoms in total. The number of pyridine rings is 2. The molecule has 1 amide bonds. The molecule has 1 unspecified atom stereocenters. The fourth-order valence-electron chi connectivity index (χ4n) is 5.58. The highest BCUT2D eigenvalue weighted by molar-refractivity contribution is 7.90. The van der Waals surface area contributed by atoms with Gasteiger partial charge in [-0.15, -0.1) is 5.10 Å². The smallest absolute Gasteiger partial charge is 0.281 e. The molecule has 2 aliphatic heterocycles. The Morgan fingerprint density at radius 1 is 1.10 bits per heavy atom. The summed E-state index contributed by atoms with van der Waals surface area (Å²) in [5, 5.41) is 7.55. The molecule has 1 saturated carbocycles. The zero-order valence-corrected chi connectivity index (χ0v) is 23.9. The van der Waals surface area contributed by atoms with E-state index in [1.54, 1.807) is 41.2 Å². The number of nitrogens with zero attached hydrogens (tertiary/aromatic N) is 5. The van der Waals surface area contributed by atoms with Crippen LogP contribution in [0.25, 0.3) is 5.82 Å². The maximum atomic E-state index is 13.5. The molecule has 212 valence electrons. The van der Waals surface area contributed by atoms with Crippen LogP contribution in [0, 0.1) is 11.3 Å². The minimum atomic E-state index is -4.21. The van der Waals surface area contributed by atoms with E-state index in [9.17, 15) is 13.2 Å². The average Bonchev–Trinajstić information content (AvgIpc) is 3.31. The zero-order valence-electron chi connectivity index (χ0n) is 23.1. The topological polar surface area (TPSA) is 131 Å². The van der Waals surface area contributed by atoms with E-state index in [2.05, 4.69) is 45.8 Å². The minimum absolute atomic E-state index is 0.175. The second-order valence-electron chi connectivity index (χ2n) is 12.1. The molecule has 3 aromatic heterocycles. The predicted octanol–water partition coefficient (Wildman–Crippen LogP) is 3.77. The lowest BCUT2D eigenvalue weighted by atomic mass is 9.94. The number of hydrogen-bond donors (Lipinski definition) is 2. The van der Waals surface area contributed by atoms with Crippen LogP contribution >= 0.6 is 0 Å². The number of anilines is 2. The summed E-state index contributed by atoms with van der Waals surface area (Å²) < 4.78 is 35.9. The van der Waals surface area contributed by atoms with Crippen molar-refractivity contribution in [1.82, 2.24) is 24.5 Å². The van der Waals surface area contributed by atoms with E-state index in [0.29, 0.717) is 54.4 Å². The molecule has 2 fully saturated rings. The number of aromatic nitrogens is 4. The summed E-state index contributed by atoms with van der Waals surface area (Å²) in [4.78, 5) is 24.7. The van der Waals surface area contributed by atoms with Gasteiger partial charge in [-0.3, -0.25) is 4.79 Å². The highest BCUT2D eigenvalue weighted by Crippen LogP contribution is 2.48. The Bertz CT molecular complexity index is 1550. The van der Waals surface area contributed by atoms with E-state index < -0.39 is 15.9 Å². The van der Waals surface area contributed by atoms with Crippen LogP contribution in [0.2, 0.25) is 0 Å². The van der Waals surface area contributed by atoms with Gasteiger partial charge in [0.2, 0.25) is 5.88 Å². The van der Waals surface area contributed by atoms with Crippen molar-refractivity contribution in [2.24, 2.45) is 11.3 Å². The second-order valence-corrected chi connectivity index (χ2v) is 13.7. The molecule has 1 aliphatic carbocycles. The standard InChI is InChI=1S/C28H35N7O4S/c1-27(2)17-19-9-14-29-21-5-4-6-24(30-21)40(37,38)33-26(36)20-7-8-22(31-25(20)34(27)18-19)35-15-10-23(32-35)39-16-13-28(3)11-12-28/h4-8,10,15,19H,9,11-14,16-18H2,1-3H3,(H,29,30)(H,33,36). The lowest BCUT2D eigenvalue weighted by Gasteiger charge is -2.34. The number of fused-ring (bicyclic) bond motifs is 6.